The minimum Gasteiger partial charge on any atom is -0.871 e. The Bertz CT molecular complexity index is 1610. The normalized spacial score (nSPS) is 12.3. The van der Waals surface area contributed by atoms with Gasteiger partial charge in [-0.2, -0.15) is 0 Å². The van der Waals surface area contributed by atoms with Crippen LogP contribution in [0.2, 0.25) is 0 Å². The van der Waals surface area contributed by atoms with E-state index >= 15 is 0 Å². The van der Waals surface area contributed by atoms with Crippen molar-refractivity contribution in [2.75, 3.05) is 0 Å². The van der Waals surface area contributed by atoms with Crippen molar-refractivity contribution in [2.45, 2.75) is 9.79 Å². The van der Waals surface area contributed by atoms with Gasteiger partial charge in [-0.25, -0.2) is 16.8 Å². The third kappa shape index (κ3) is 4.46. The summed E-state index contributed by atoms with van der Waals surface area (Å²) < 4.78 is 70.5. The van der Waals surface area contributed by atoms with Gasteiger partial charge >= 0.3 is 24.5 Å². The van der Waals surface area contributed by atoms with E-state index in [1.54, 1.807) is 30.3 Å². The van der Waals surface area contributed by atoms with Crippen LogP contribution in [0.25, 0.3) is 21.5 Å². The standard InChI is InChI=1S/C20H14N2O7S2.Mg/c23-17-11-8-12-4-1-2-5-13(12)19(17)22-21-16-10-9-14-15(20(16)31(27,28)29)6-3-7-18(14)30(24,25)26;/h1-11,23H,(H,24,25,26)(H,27,28,29);/q;+2/p-1. The van der Waals surface area contributed by atoms with E-state index in [0.29, 0.717) is 5.39 Å². The summed E-state index contributed by atoms with van der Waals surface area (Å²) in [6, 6.07) is 15.5. The van der Waals surface area contributed by atoms with Gasteiger partial charge in [0.2, 0.25) is 5.69 Å². The second-order valence-electron chi connectivity index (χ2n) is 6.56. The van der Waals surface area contributed by atoms with E-state index in [1.807, 2.05) is 0 Å². The van der Waals surface area contributed by atoms with Crippen LogP contribution in [0.15, 0.2) is 81.6 Å². The molecule has 4 aromatic rings. The monoisotopic (exact) mass is 481 g/mol. The van der Waals surface area contributed by atoms with Crippen molar-refractivity contribution in [3.8, 4) is 5.75 Å². The molecular formula is C20H13MgN2O7S2+. The molecule has 0 aliphatic heterocycles. The Balaban J connectivity index is 0.00000193. The fourth-order valence-electron chi connectivity index (χ4n) is 3.34. The molecule has 0 radical (unpaired) electrons. The third-order valence-corrected chi connectivity index (χ3v) is 6.48. The fourth-order valence-corrected chi connectivity index (χ4v) is 4.87. The molecule has 0 atom stereocenters. The molecular weight excluding hydrogens is 469 g/mol. The molecule has 12 heteroatoms. The van der Waals surface area contributed by atoms with Gasteiger partial charge < -0.3 is 14.2 Å². The molecule has 0 spiro atoms. The number of hydrogen-bond acceptors (Lipinski definition) is 8. The van der Waals surface area contributed by atoms with Gasteiger partial charge in [0.25, 0.3) is 0 Å². The number of nitrogens with one attached hydrogen (secondary N) is 1. The Hall–Kier alpha value is -2.61. The van der Waals surface area contributed by atoms with E-state index in [1.165, 1.54) is 18.2 Å². The van der Waals surface area contributed by atoms with Crippen LogP contribution in [-0.2, 0) is 20.2 Å². The fraction of sp³-hybridized carbons (Fsp3) is 0. The first-order valence-corrected chi connectivity index (χ1v) is 11.5. The van der Waals surface area contributed by atoms with Crippen LogP contribution >= 0.6 is 0 Å². The van der Waals surface area contributed by atoms with E-state index in [9.17, 15) is 31.0 Å². The van der Waals surface area contributed by atoms with Gasteiger partial charge in [-0.05, 0) is 22.6 Å². The van der Waals surface area contributed by atoms with E-state index < -0.39 is 35.8 Å². The maximum Gasteiger partial charge on any atom is 2.00 e. The predicted octanol–water partition coefficient (Wildman–Crippen LogP) is 1.10. The zero-order valence-corrected chi connectivity index (χ0v) is 19.2. The number of azo groups is 1. The van der Waals surface area contributed by atoms with Crippen LogP contribution in [0.4, 0.5) is 11.4 Å². The quantitative estimate of drug-likeness (QED) is 0.259. The summed E-state index contributed by atoms with van der Waals surface area (Å²) in [6.45, 7) is 0. The molecule has 0 saturated carbocycles. The van der Waals surface area contributed by atoms with Crippen molar-refractivity contribution in [1.82, 2.24) is 0 Å². The van der Waals surface area contributed by atoms with Gasteiger partial charge in [-0.1, -0.05) is 59.4 Å². The summed E-state index contributed by atoms with van der Waals surface area (Å²) in [4.78, 5) is -1.44. The molecule has 4 rings (SSSR count). The Morgan fingerprint density at radius 2 is 1.44 bits per heavy atom. The number of hydrogen-bond donors (Lipinski definition) is 1. The molecule has 9 nitrogen and oxygen atoms in total. The summed E-state index contributed by atoms with van der Waals surface area (Å²) in [7, 11) is -10.0. The SMILES string of the molecule is O=S(=O)([O-])c1cccc2c(S(=O)(=O)[O-])c([NH+]=Nc3c([O-])ccc4ccccc34)ccc12.[H+].[Mg+2]. The molecule has 1 N–H and O–H groups in total. The van der Waals surface area contributed by atoms with Crippen molar-refractivity contribution in [1.29, 1.82) is 0 Å². The average Bonchev–Trinajstić information content (AvgIpc) is 2.70. The first-order chi connectivity index (χ1) is 14.6. The Morgan fingerprint density at radius 3 is 2.12 bits per heavy atom. The molecule has 0 fully saturated rings. The molecule has 0 aromatic heterocycles. The van der Waals surface area contributed by atoms with Gasteiger partial charge in [0, 0.05) is 22.2 Å². The van der Waals surface area contributed by atoms with E-state index in [-0.39, 0.29) is 46.6 Å². The zero-order chi connectivity index (χ0) is 22.4. The molecule has 0 bridgehead atoms. The van der Waals surface area contributed by atoms with Gasteiger partial charge in [0.15, 0.2) is 0 Å². The van der Waals surface area contributed by atoms with Crippen molar-refractivity contribution in [2.24, 2.45) is 5.11 Å². The number of rotatable bonds is 4. The van der Waals surface area contributed by atoms with Gasteiger partial charge in [-0.3, -0.25) is 0 Å². The smallest absolute Gasteiger partial charge is 0.871 e. The van der Waals surface area contributed by atoms with Crippen LogP contribution in [0.5, 0.6) is 5.75 Å². The minimum absolute atomic E-state index is 0. The first-order valence-electron chi connectivity index (χ1n) is 8.70. The summed E-state index contributed by atoms with van der Waals surface area (Å²) in [5, 5.41) is 19.5. The Kier molecular flexibility index (Phi) is 6.56. The van der Waals surface area contributed by atoms with Crippen LogP contribution in [0.3, 0.4) is 0 Å². The largest absolute Gasteiger partial charge is 2.00 e. The van der Waals surface area contributed by atoms with Crippen LogP contribution in [0, 0.1) is 0 Å². The maximum atomic E-state index is 12.3. The van der Waals surface area contributed by atoms with Gasteiger partial charge in [0.1, 0.15) is 30.8 Å². The molecule has 4 aromatic carbocycles. The number of fused-ring (bicyclic) bond motifs is 2. The van der Waals surface area contributed by atoms with Crippen molar-refractivity contribution in [3.63, 3.8) is 0 Å². The molecule has 0 heterocycles. The first kappa shape index (κ1) is 24.0. The topological polar surface area (TPSA) is 164 Å². The van der Waals surface area contributed by atoms with Gasteiger partial charge in [-0.15, -0.1) is 0 Å². The number of benzene rings is 4. The average molecular weight is 482 g/mol. The van der Waals surface area contributed by atoms with E-state index in [2.05, 4.69) is 10.2 Å². The van der Waals surface area contributed by atoms with E-state index in [4.69, 9.17) is 0 Å². The van der Waals surface area contributed by atoms with Crippen LogP contribution in [-0.4, -0.2) is 49.0 Å². The second-order valence-corrected chi connectivity index (χ2v) is 9.22. The molecule has 0 unspecified atom stereocenters. The number of nitrogens with zero attached hydrogens (tertiary/aromatic N) is 1. The Labute approximate surface area is 200 Å². The van der Waals surface area contributed by atoms with Crippen molar-refractivity contribution in [3.05, 3.63) is 66.7 Å². The molecule has 32 heavy (non-hydrogen) atoms. The van der Waals surface area contributed by atoms with Gasteiger partial charge in [0.05, 0.1) is 4.90 Å². The summed E-state index contributed by atoms with van der Waals surface area (Å²) >= 11 is 0. The maximum absolute atomic E-state index is 12.3. The van der Waals surface area contributed by atoms with E-state index in [0.717, 1.165) is 23.6 Å². The molecule has 0 saturated heterocycles. The second kappa shape index (κ2) is 8.73. The Morgan fingerprint density at radius 1 is 0.750 bits per heavy atom. The molecule has 0 amide bonds. The summed E-state index contributed by atoms with van der Waals surface area (Å²) in [5.41, 5.74) is -0.265. The summed E-state index contributed by atoms with van der Waals surface area (Å²) in [5.74, 6) is -0.432. The molecule has 0 aliphatic rings. The third-order valence-electron chi connectivity index (χ3n) is 4.64. The van der Waals surface area contributed by atoms with Crippen molar-refractivity contribution < 1.29 is 37.6 Å². The molecule has 0 aliphatic carbocycles. The molecule has 158 valence electrons. The minimum atomic E-state index is -5.13. The van der Waals surface area contributed by atoms with Crippen LogP contribution < -0.4 is 10.2 Å². The summed E-state index contributed by atoms with van der Waals surface area (Å²) in [6.07, 6.45) is 0. The predicted molar refractivity (Wildman–Crippen MR) is 113 cm³/mol. The van der Waals surface area contributed by atoms with Crippen LogP contribution in [0.1, 0.15) is 1.43 Å². The van der Waals surface area contributed by atoms with Crippen molar-refractivity contribution >= 4 is 76.2 Å². The zero-order valence-electron chi connectivity index (χ0n) is 17.2.